The summed E-state index contributed by atoms with van der Waals surface area (Å²) >= 11 is 0. The number of hydrogen-bond acceptors (Lipinski definition) is 3. The van der Waals surface area contributed by atoms with Gasteiger partial charge in [0.1, 0.15) is 0 Å². The van der Waals surface area contributed by atoms with Crippen LogP contribution in [0, 0.1) is 0 Å². The summed E-state index contributed by atoms with van der Waals surface area (Å²) in [5, 5.41) is 12.3. The predicted octanol–water partition coefficient (Wildman–Crippen LogP) is 0.728. The molecule has 0 radical (unpaired) electrons. The van der Waals surface area contributed by atoms with Crippen molar-refractivity contribution in [2.24, 2.45) is 0 Å². The molecular weight excluding hydrogens is 142 g/mol. The van der Waals surface area contributed by atoms with E-state index < -0.39 is 6.29 Å². The summed E-state index contributed by atoms with van der Waals surface area (Å²) < 4.78 is 5.25. The summed E-state index contributed by atoms with van der Waals surface area (Å²) in [6.45, 7) is 5.86. The SMILES string of the molecule is CC[C@@H](C)OC(O)[C@H](C)NC. The van der Waals surface area contributed by atoms with Gasteiger partial charge in [-0.1, -0.05) is 6.92 Å². The van der Waals surface area contributed by atoms with Gasteiger partial charge in [0.2, 0.25) is 0 Å². The van der Waals surface area contributed by atoms with Crippen LogP contribution >= 0.6 is 0 Å². The molecule has 0 aromatic rings. The Hall–Kier alpha value is -0.120. The van der Waals surface area contributed by atoms with E-state index in [1.807, 2.05) is 20.8 Å². The van der Waals surface area contributed by atoms with Gasteiger partial charge in [0, 0.05) is 0 Å². The van der Waals surface area contributed by atoms with E-state index in [0.717, 1.165) is 6.42 Å². The lowest BCUT2D eigenvalue weighted by Crippen LogP contribution is -2.38. The van der Waals surface area contributed by atoms with E-state index in [-0.39, 0.29) is 12.1 Å². The Bertz CT molecular complexity index is 98.1. The molecule has 0 aromatic heterocycles. The minimum Gasteiger partial charge on any atom is -0.367 e. The number of ether oxygens (including phenoxy) is 1. The zero-order chi connectivity index (χ0) is 8.85. The molecule has 0 fully saturated rings. The van der Waals surface area contributed by atoms with E-state index >= 15 is 0 Å². The first-order valence-corrected chi connectivity index (χ1v) is 4.12. The van der Waals surface area contributed by atoms with Crippen LogP contribution in [0.25, 0.3) is 0 Å². The van der Waals surface area contributed by atoms with Crippen LogP contribution in [-0.2, 0) is 4.74 Å². The monoisotopic (exact) mass is 161 g/mol. The molecule has 0 aliphatic heterocycles. The summed E-state index contributed by atoms with van der Waals surface area (Å²) in [6, 6.07) is -0.0102. The molecule has 0 rings (SSSR count). The molecule has 0 aliphatic rings. The lowest BCUT2D eigenvalue weighted by atomic mass is 10.3. The predicted molar refractivity (Wildman–Crippen MR) is 45.4 cm³/mol. The summed E-state index contributed by atoms with van der Waals surface area (Å²) in [6.07, 6.45) is 0.351. The van der Waals surface area contributed by atoms with Gasteiger partial charge in [0.15, 0.2) is 6.29 Å². The fourth-order valence-corrected chi connectivity index (χ4v) is 0.595. The van der Waals surface area contributed by atoms with Crippen molar-refractivity contribution in [3.8, 4) is 0 Å². The quantitative estimate of drug-likeness (QED) is 0.584. The number of aliphatic hydroxyl groups is 1. The van der Waals surface area contributed by atoms with E-state index in [0.29, 0.717) is 0 Å². The Balaban J connectivity index is 3.58. The van der Waals surface area contributed by atoms with E-state index in [4.69, 9.17) is 4.74 Å². The Kier molecular flexibility index (Phi) is 5.46. The summed E-state index contributed by atoms with van der Waals surface area (Å²) in [5.41, 5.74) is 0. The van der Waals surface area contributed by atoms with Crippen LogP contribution in [0.4, 0.5) is 0 Å². The van der Waals surface area contributed by atoms with Crippen molar-refractivity contribution in [2.75, 3.05) is 7.05 Å². The number of aliphatic hydroxyl groups excluding tert-OH is 1. The Labute approximate surface area is 68.8 Å². The van der Waals surface area contributed by atoms with E-state index in [1.165, 1.54) is 0 Å². The normalized spacial score (nSPS) is 19.4. The molecule has 3 atom stereocenters. The van der Waals surface area contributed by atoms with Crippen molar-refractivity contribution in [2.45, 2.75) is 45.6 Å². The molecule has 3 nitrogen and oxygen atoms in total. The summed E-state index contributed by atoms with van der Waals surface area (Å²) in [4.78, 5) is 0. The van der Waals surface area contributed by atoms with Crippen molar-refractivity contribution < 1.29 is 9.84 Å². The maximum absolute atomic E-state index is 9.33. The second-order valence-electron chi connectivity index (χ2n) is 2.82. The second kappa shape index (κ2) is 5.52. The van der Waals surface area contributed by atoms with Gasteiger partial charge in [-0.2, -0.15) is 0 Å². The Morgan fingerprint density at radius 2 is 2.00 bits per heavy atom. The van der Waals surface area contributed by atoms with E-state index in [9.17, 15) is 5.11 Å². The second-order valence-corrected chi connectivity index (χ2v) is 2.82. The fourth-order valence-electron chi connectivity index (χ4n) is 0.595. The van der Waals surface area contributed by atoms with E-state index in [2.05, 4.69) is 5.32 Å². The van der Waals surface area contributed by atoms with Gasteiger partial charge in [-0.3, -0.25) is 0 Å². The molecule has 0 saturated heterocycles. The maximum Gasteiger partial charge on any atom is 0.169 e. The highest BCUT2D eigenvalue weighted by atomic mass is 16.6. The first kappa shape index (κ1) is 10.9. The molecule has 0 aromatic carbocycles. The summed E-state index contributed by atoms with van der Waals surface area (Å²) in [7, 11) is 1.80. The average Bonchev–Trinajstić information content (AvgIpc) is 2.02. The third kappa shape index (κ3) is 4.35. The minimum absolute atomic E-state index is 0.0102. The van der Waals surface area contributed by atoms with Crippen molar-refractivity contribution in [1.29, 1.82) is 0 Å². The highest BCUT2D eigenvalue weighted by Crippen LogP contribution is 2.02. The van der Waals surface area contributed by atoms with Crippen LogP contribution in [0.15, 0.2) is 0 Å². The van der Waals surface area contributed by atoms with Gasteiger partial charge in [-0.25, -0.2) is 0 Å². The van der Waals surface area contributed by atoms with Crippen molar-refractivity contribution in [1.82, 2.24) is 5.32 Å². The molecule has 68 valence electrons. The Morgan fingerprint density at radius 3 is 2.36 bits per heavy atom. The van der Waals surface area contributed by atoms with Crippen molar-refractivity contribution in [3.05, 3.63) is 0 Å². The number of hydrogen-bond donors (Lipinski definition) is 2. The molecule has 11 heavy (non-hydrogen) atoms. The van der Waals surface area contributed by atoms with Gasteiger partial charge < -0.3 is 15.2 Å². The van der Waals surface area contributed by atoms with Crippen LogP contribution in [0.2, 0.25) is 0 Å². The third-order valence-electron chi connectivity index (χ3n) is 1.83. The standard InChI is InChI=1S/C8H19NO2/c1-5-6(2)11-8(10)7(3)9-4/h6-10H,5H2,1-4H3/t6-,7+,8?/m1/s1. The molecule has 0 bridgehead atoms. The third-order valence-corrected chi connectivity index (χ3v) is 1.83. The number of likely N-dealkylation sites (N-methyl/N-ethyl adjacent to an activating group) is 1. The minimum atomic E-state index is -0.699. The zero-order valence-corrected chi connectivity index (χ0v) is 7.79. The van der Waals surface area contributed by atoms with Crippen molar-refractivity contribution in [3.63, 3.8) is 0 Å². The highest BCUT2D eigenvalue weighted by Gasteiger charge is 2.14. The molecule has 0 spiro atoms. The largest absolute Gasteiger partial charge is 0.367 e. The zero-order valence-electron chi connectivity index (χ0n) is 7.79. The van der Waals surface area contributed by atoms with Gasteiger partial charge in [0.05, 0.1) is 12.1 Å². The highest BCUT2D eigenvalue weighted by molar-refractivity contribution is 4.61. The molecule has 2 N–H and O–H groups in total. The molecule has 0 aliphatic carbocycles. The van der Waals surface area contributed by atoms with Crippen LogP contribution in [-0.4, -0.2) is 30.6 Å². The lowest BCUT2D eigenvalue weighted by molar-refractivity contribution is -0.144. The molecule has 3 heteroatoms. The molecule has 0 saturated carbocycles. The number of nitrogens with one attached hydrogen (secondary N) is 1. The fraction of sp³-hybridized carbons (Fsp3) is 1.00. The summed E-state index contributed by atoms with van der Waals surface area (Å²) in [5.74, 6) is 0. The lowest BCUT2D eigenvalue weighted by Gasteiger charge is -2.21. The van der Waals surface area contributed by atoms with Gasteiger partial charge in [0.25, 0.3) is 0 Å². The van der Waals surface area contributed by atoms with Gasteiger partial charge >= 0.3 is 0 Å². The molecule has 0 heterocycles. The molecule has 1 unspecified atom stereocenters. The van der Waals surface area contributed by atoms with Gasteiger partial charge in [-0.15, -0.1) is 0 Å². The van der Waals surface area contributed by atoms with Crippen LogP contribution in [0.5, 0.6) is 0 Å². The topological polar surface area (TPSA) is 41.5 Å². The van der Waals surface area contributed by atoms with E-state index in [1.54, 1.807) is 7.05 Å². The van der Waals surface area contributed by atoms with Gasteiger partial charge in [-0.05, 0) is 27.3 Å². The molecule has 0 amide bonds. The van der Waals surface area contributed by atoms with Crippen LogP contribution < -0.4 is 5.32 Å². The average molecular weight is 161 g/mol. The Morgan fingerprint density at radius 1 is 1.45 bits per heavy atom. The smallest absolute Gasteiger partial charge is 0.169 e. The van der Waals surface area contributed by atoms with Crippen LogP contribution in [0.1, 0.15) is 27.2 Å². The van der Waals surface area contributed by atoms with Crippen molar-refractivity contribution >= 4 is 0 Å². The first-order valence-electron chi connectivity index (χ1n) is 4.12. The molecular formula is C8H19NO2. The maximum atomic E-state index is 9.33. The first-order chi connectivity index (χ1) is 5.11. The number of rotatable bonds is 5. The van der Waals surface area contributed by atoms with Crippen LogP contribution in [0.3, 0.4) is 0 Å².